The van der Waals surface area contributed by atoms with Crippen LogP contribution in [0.15, 0.2) is 61.1 Å². The molecule has 5 rings (SSSR count). The number of rotatable bonds is 4. The number of piperidine rings is 1. The zero-order valence-corrected chi connectivity index (χ0v) is 19.2. The first-order valence-electron chi connectivity index (χ1n) is 11.5. The first kappa shape index (κ1) is 21.9. The quantitative estimate of drug-likeness (QED) is 0.588. The summed E-state index contributed by atoms with van der Waals surface area (Å²) in [5.74, 6) is -0.105. The number of aromatic nitrogens is 2. The summed E-state index contributed by atoms with van der Waals surface area (Å²) in [6.07, 6.45) is 5.66. The Morgan fingerprint density at radius 3 is 2.32 bits per heavy atom. The van der Waals surface area contributed by atoms with Crippen LogP contribution in [-0.4, -0.2) is 45.4 Å². The number of nitrogens with one attached hydrogen (secondary N) is 2. The van der Waals surface area contributed by atoms with Crippen molar-refractivity contribution in [2.24, 2.45) is 0 Å². The minimum Gasteiger partial charge on any atom is -0.339 e. The van der Waals surface area contributed by atoms with Gasteiger partial charge >= 0.3 is 6.03 Å². The zero-order chi connectivity index (χ0) is 23.9. The molecule has 1 atom stereocenters. The molecule has 2 aromatic carbocycles. The maximum atomic E-state index is 13.0. The van der Waals surface area contributed by atoms with Crippen LogP contribution < -0.4 is 10.6 Å². The molecule has 2 fully saturated rings. The third-order valence-corrected chi connectivity index (χ3v) is 6.89. The summed E-state index contributed by atoms with van der Waals surface area (Å²) in [7, 11) is 0. The van der Waals surface area contributed by atoms with Gasteiger partial charge in [0.25, 0.3) is 11.8 Å². The van der Waals surface area contributed by atoms with Crippen LogP contribution in [0.5, 0.6) is 0 Å². The van der Waals surface area contributed by atoms with Crippen molar-refractivity contribution in [3.05, 3.63) is 83.4 Å². The topological polar surface area (TPSA) is 96.3 Å². The molecule has 0 saturated carbocycles. The fourth-order valence-corrected chi connectivity index (χ4v) is 4.66. The number of aryl methyl sites for hydroxylation is 1. The van der Waals surface area contributed by atoms with Crippen LogP contribution in [0.4, 0.5) is 4.79 Å². The highest BCUT2D eigenvalue weighted by molar-refractivity contribution is 6.07. The Morgan fingerprint density at radius 2 is 1.71 bits per heavy atom. The molecule has 0 radical (unpaired) electrons. The van der Waals surface area contributed by atoms with E-state index in [-0.39, 0.29) is 5.91 Å². The van der Waals surface area contributed by atoms with Crippen molar-refractivity contribution < 1.29 is 14.4 Å². The highest BCUT2D eigenvalue weighted by Gasteiger charge is 2.43. The largest absolute Gasteiger partial charge is 0.339 e. The highest BCUT2D eigenvalue weighted by atomic mass is 16.2. The van der Waals surface area contributed by atoms with Gasteiger partial charge in [-0.15, -0.1) is 0 Å². The van der Waals surface area contributed by atoms with E-state index in [1.54, 1.807) is 31.2 Å². The van der Waals surface area contributed by atoms with Gasteiger partial charge in [-0.25, -0.2) is 9.78 Å². The van der Waals surface area contributed by atoms with Crippen molar-refractivity contribution in [3.63, 3.8) is 0 Å². The predicted molar refractivity (Wildman–Crippen MR) is 127 cm³/mol. The van der Waals surface area contributed by atoms with Crippen LogP contribution in [0, 0.1) is 6.92 Å². The number of hydrogen-bond acceptors (Lipinski definition) is 4. The second-order valence-corrected chi connectivity index (χ2v) is 9.22. The Labute approximate surface area is 198 Å². The van der Waals surface area contributed by atoms with Gasteiger partial charge in [0.05, 0.1) is 12.0 Å². The number of nitrogens with zero attached hydrogens (tertiary/aromatic N) is 3. The van der Waals surface area contributed by atoms with E-state index in [0.717, 1.165) is 24.2 Å². The second-order valence-electron chi connectivity index (χ2n) is 9.22. The van der Waals surface area contributed by atoms with E-state index in [1.807, 2.05) is 15.8 Å². The zero-order valence-electron chi connectivity index (χ0n) is 19.2. The number of likely N-dealkylation sites (tertiary alicyclic amines) is 1. The SMILES string of the molecule is Cc1ccc(-n2cnc(C3CCN(C(=O)c4ccc([C@@]5(C)NC(=O)NC5=O)cc4)CC3)c2)cc1. The Morgan fingerprint density at radius 1 is 1.03 bits per heavy atom. The Bertz CT molecular complexity index is 1240. The van der Waals surface area contributed by atoms with Gasteiger partial charge < -0.3 is 14.8 Å². The summed E-state index contributed by atoms with van der Waals surface area (Å²) in [6, 6.07) is 14.7. The lowest BCUT2D eigenvalue weighted by atomic mass is 9.91. The smallest absolute Gasteiger partial charge is 0.322 e. The van der Waals surface area contributed by atoms with Gasteiger partial charge in [-0.3, -0.25) is 14.9 Å². The molecule has 3 heterocycles. The molecule has 4 amide bonds. The molecular weight excluding hydrogens is 430 g/mol. The van der Waals surface area contributed by atoms with Crippen LogP contribution >= 0.6 is 0 Å². The van der Waals surface area contributed by atoms with E-state index in [1.165, 1.54) is 5.56 Å². The fourth-order valence-electron chi connectivity index (χ4n) is 4.66. The van der Waals surface area contributed by atoms with Crippen LogP contribution in [0.3, 0.4) is 0 Å². The van der Waals surface area contributed by atoms with Crippen molar-refractivity contribution in [1.29, 1.82) is 0 Å². The lowest BCUT2D eigenvalue weighted by molar-refractivity contribution is -0.123. The molecule has 0 unspecified atom stereocenters. The average molecular weight is 458 g/mol. The van der Waals surface area contributed by atoms with Crippen molar-refractivity contribution >= 4 is 17.8 Å². The molecule has 2 N–H and O–H groups in total. The molecule has 34 heavy (non-hydrogen) atoms. The number of hydrogen-bond donors (Lipinski definition) is 2. The predicted octanol–water partition coefficient (Wildman–Crippen LogP) is 3.26. The van der Waals surface area contributed by atoms with E-state index < -0.39 is 17.5 Å². The Balaban J connectivity index is 1.21. The van der Waals surface area contributed by atoms with Gasteiger partial charge in [0, 0.05) is 36.5 Å². The molecule has 0 aliphatic carbocycles. The lowest BCUT2D eigenvalue weighted by Crippen LogP contribution is -2.40. The van der Waals surface area contributed by atoms with E-state index in [2.05, 4.69) is 53.0 Å². The van der Waals surface area contributed by atoms with Crippen LogP contribution in [-0.2, 0) is 10.3 Å². The number of urea groups is 1. The normalized spacial score (nSPS) is 20.8. The third kappa shape index (κ3) is 3.96. The van der Waals surface area contributed by atoms with E-state index in [4.69, 9.17) is 0 Å². The van der Waals surface area contributed by atoms with Crippen LogP contribution in [0.2, 0.25) is 0 Å². The van der Waals surface area contributed by atoms with Gasteiger partial charge in [0.2, 0.25) is 0 Å². The first-order chi connectivity index (χ1) is 16.3. The number of amides is 4. The number of carbonyl (C=O) groups excluding carboxylic acids is 3. The molecule has 2 saturated heterocycles. The van der Waals surface area contributed by atoms with Gasteiger partial charge in [-0.2, -0.15) is 0 Å². The standard InChI is InChI=1S/C26H27N5O3/c1-17-3-9-21(10-4-17)31-15-22(27-16-31)18-11-13-30(14-12-18)23(32)19-5-7-20(8-6-19)26(2)24(33)28-25(34)29-26/h3-10,15-16,18H,11-14H2,1-2H3,(H2,28,29,33,34)/t26-/m1/s1. The van der Waals surface area contributed by atoms with Gasteiger partial charge in [-0.05, 0) is 56.5 Å². The Kier molecular flexibility index (Phi) is 5.43. The second kappa shape index (κ2) is 8.44. The molecule has 1 aromatic heterocycles. The van der Waals surface area contributed by atoms with Crippen molar-refractivity contribution in [1.82, 2.24) is 25.1 Å². The monoisotopic (exact) mass is 457 g/mol. The molecule has 0 bridgehead atoms. The summed E-state index contributed by atoms with van der Waals surface area (Å²) >= 11 is 0. The molecule has 2 aliphatic heterocycles. The van der Waals surface area contributed by atoms with Gasteiger partial charge in [0.15, 0.2) is 0 Å². The third-order valence-electron chi connectivity index (χ3n) is 6.89. The average Bonchev–Trinajstić information content (AvgIpc) is 3.44. The number of imidazole rings is 1. The molecule has 8 nitrogen and oxygen atoms in total. The maximum Gasteiger partial charge on any atom is 0.322 e. The number of imide groups is 1. The van der Waals surface area contributed by atoms with Gasteiger partial charge in [-0.1, -0.05) is 29.8 Å². The molecular formula is C26H27N5O3. The van der Waals surface area contributed by atoms with E-state index >= 15 is 0 Å². The Hall–Kier alpha value is -3.94. The first-order valence-corrected chi connectivity index (χ1v) is 11.5. The minimum absolute atomic E-state index is 0.0275. The summed E-state index contributed by atoms with van der Waals surface area (Å²) < 4.78 is 2.04. The summed E-state index contributed by atoms with van der Waals surface area (Å²) in [6.45, 7) is 5.05. The van der Waals surface area contributed by atoms with Crippen molar-refractivity contribution in [2.45, 2.75) is 38.1 Å². The van der Waals surface area contributed by atoms with E-state index in [9.17, 15) is 14.4 Å². The van der Waals surface area contributed by atoms with Crippen molar-refractivity contribution in [2.75, 3.05) is 13.1 Å². The summed E-state index contributed by atoms with van der Waals surface area (Å²) in [5, 5.41) is 4.90. The molecule has 3 aromatic rings. The van der Waals surface area contributed by atoms with E-state index in [0.29, 0.717) is 30.1 Å². The van der Waals surface area contributed by atoms with Crippen LogP contribution in [0.25, 0.3) is 5.69 Å². The fraction of sp³-hybridized carbons (Fsp3) is 0.308. The highest BCUT2D eigenvalue weighted by Crippen LogP contribution is 2.29. The number of benzene rings is 2. The van der Waals surface area contributed by atoms with Crippen LogP contribution in [0.1, 0.15) is 52.9 Å². The molecule has 0 spiro atoms. The van der Waals surface area contributed by atoms with Gasteiger partial charge in [0.1, 0.15) is 5.54 Å². The summed E-state index contributed by atoms with van der Waals surface area (Å²) in [5.41, 5.74) is 3.44. The summed E-state index contributed by atoms with van der Waals surface area (Å²) in [4.78, 5) is 43.2. The minimum atomic E-state index is -1.13. The maximum absolute atomic E-state index is 13.0. The van der Waals surface area contributed by atoms with Crippen molar-refractivity contribution in [3.8, 4) is 5.69 Å². The molecule has 174 valence electrons. The lowest BCUT2D eigenvalue weighted by Gasteiger charge is -2.31. The molecule has 8 heteroatoms. The number of carbonyl (C=O) groups is 3. The molecule has 2 aliphatic rings.